The molecule has 1 aliphatic heterocycles. The highest BCUT2D eigenvalue weighted by molar-refractivity contribution is 6.62. The molecule has 0 spiro atoms. The average molecular weight is 339 g/mol. The summed E-state index contributed by atoms with van der Waals surface area (Å²) in [6.45, 7) is 11.6. The minimum absolute atomic E-state index is 0.0329. The second-order valence-electron chi connectivity index (χ2n) is 6.89. The number of halogens is 2. The Kier molecular flexibility index (Phi) is 5.07. The fraction of sp³-hybridized carbons (Fsp3) is 0.588. The Bertz CT molecular complexity index is 629. The van der Waals surface area contributed by atoms with Crippen molar-refractivity contribution in [2.45, 2.75) is 52.7 Å². The van der Waals surface area contributed by atoms with E-state index in [1.807, 2.05) is 27.7 Å². The maximum atomic E-state index is 14.9. The Morgan fingerprint density at radius 3 is 2.04 bits per heavy atom. The molecular formula is C17H24BF2NO3. The summed E-state index contributed by atoms with van der Waals surface area (Å²) >= 11 is 0. The predicted molar refractivity (Wildman–Crippen MR) is 89.3 cm³/mol. The van der Waals surface area contributed by atoms with Gasteiger partial charge in [0, 0.05) is 18.6 Å². The molecule has 7 heteroatoms. The summed E-state index contributed by atoms with van der Waals surface area (Å²) < 4.78 is 40.7. The van der Waals surface area contributed by atoms with Gasteiger partial charge in [0.05, 0.1) is 11.2 Å². The van der Waals surface area contributed by atoms with Crippen LogP contribution in [0.1, 0.15) is 51.9 Å². The number of nitrogens with zero attached hydrogens (tertiary/aromatic N) is 1. The van der Waals surface area contributed by atoms with E-state index in [1.54, 1.807) is 13.8 Å². The Labute approximate surface area is 142 Å². The first-order valence-electron chi connectivity index (χ1n) is 8.18. The first kappa shape index (κ1) is 18.9. The monoisotopic (exact) mass is 339 g/mol. The van der Waals surface area contributed by atoms with Gasteiger partial charge in [0.1, 0.15) is 17.2 Å². The van der Waals surface area contributed by atoms with Gasteiger partial charge in [-0.3, -0.25) is 4.79 Å². The molecule has 1 aromatic carbocycles. The summed E-state index contributed by atoms with van der Waals surface area (Å²) in [5, 5.41) is 0. The van der Waals surface area contributed by atoms with Gasteiger partial charge in [-0.05, 0) is 47.6 Å². The van der Waals surface area contributed by atoms with Crippen LogP contribution in [0.25, 0.3) is 0 Å². The van der Waals surface area contributed by atoms with Crippen molar-refractivity contribution in [1.82, 2.24) is 4.90 Å². The summed E-state index contributed by atoms with van der Waals surface area (Å²) in [7, 11) is -0.987. The van der Waals surface area contributed by atoms with Crippen LogP contribution in [0.15, 0.2) is 12.1 Å². The number of rotatable bonds is 4. The van der Waals surface area contributed by atoms with Crippen molar-refractivity contribution in [3.63, 3.8) is 0 Å². The quantitative estimate of drug-likeness (QED) is 0.792. The molecule has 132 valence electrons. The Hall–Kier alpha value is -1.47. The molecule has 1 saturated heterocycles. The normalized spacial score (nSPS) is 18.8. The van der Waals surface area contributed by atoms with Gasteiger partial charge in [-0.2, -0.15) is 0 Å². The van der Waals surface area contributed by atoms with Gasteiger partial charge >= 0.3 is 7.12 Å². The number of amides is 1. The standard InChI is InChI=1S/C17H24BF2NO3/c1-7-21(8-2)15(22)13-12(19)10-9-11(14(13)20)18-23-16(3,4)17(5,6)24-18/h9-10H,7-8H2,1-6H3. The van der Waals surface area contributed by atoms with Crippen LogP contribution in [-0.4, -0.2) is 42.2 Å². The predicted octanol–water partition coefficient (Wildman–Crippen LogP) is 2.75. The number of hydrogen-bond acceptors (Lipinski definition) is 3. The number of benzene rings is 1. The molecule has 0 unspecified atom stereocenters. The molecule has 0 aromatic heterocycles. The molecule has 1 amide bonds. The maximum Gasteiger partial charge on any atom is 0.497 e. The number of carbonyl (C=O) groups is 1. The first-order chi connectivity index (χ1) is 11.1. The largest absolute Gasteiger partial charge is 0.497 e. The van der Waals surface area contributed by atoms with E-state index in [9.17, 15) is 13.6 Å². The van der Waals surface area contributed by atoms with Crippen molar-refractivity contribution < 1.29 is 22.9 Å². The minimum atomic E-state index is -0.987. The molecule has 24 heavy (non-hydrogen) atoms. The maximum absolute atomic E-state index is 14.9. The number of hydrogen-bond donors (Lipinski definition) is 0. The SMILES string of the molecule is CCN(CC)C(=O)c1c(F)ccc(B2OC(C)(C)C(C)(C)O2)c1F. The molecule has 0 radical (unpaired) electrons. The molecule has 1 heterocycles. The molecule has 0 bridgehead atoms. The second kappa shape index (κ2) is 6.45. The smallest absolute Gasteiger partial charge is 0.399 e. The van der Waals surface area contributed by atoms with Crippen molar-refractivity contribution in [3.05, 3.63) is 29.3 Å². The molecule has 0 saturated carbocycles. The summed E-state index contributed by atoms with van der Waals surface area (Å²) in [5.74, 6) is -2.48. The van der Waals surface area contributed by atoms with Crippen LogP contribution in [-0.2, 0) is 9.31 Å². The average Bonchev–Trinajstić information content (AvgIpc) is 2.68. The summed E-state index contributed by atoms with van der Waals surface area (Å²) in [5.41, 5.74) is -1.83. The second-order valence-corrected chi connectivity index (χ2v) is 6.89. The molecule has 4 nitrogen and oxygen atoms in total. The van der Waals surface area contributed by atoms with E-state index in [4.69, 9.17) is 9.31 Å². The fourth-order valence-corrected chi connectivity index (χ4v) is 2.59. The molecule has 1 fully saturated rings. The Morgan fingerprint density at radius 2 is 1.58 bits per heavy atom. The van der Waals surface area contributed by atoms with Crippen LogP contribution < -0.4 is 5.46 Å². The van der Waals surface area contributed by atoms with Gasteiger partial charge in [0.25, 0.3) is 5.91 Å². The molecule has 1 aliphatic rings. The molecule has 0 aliphatic carbocycles. The minimum Gasteiger partial charge on any atom is -0.399 e. The zero-order valence-corrected chi connectivity index (χ0v) is 15.1. The van der Waals surface area contributed by atoms with Crippen LogP contribution in [0.5, 0.6) is 0 Å². The highest BCUT2D eigenvalue weighted by atomic mass is 19.1. The van der Waals surface area contributed by atoms with E-state index in [1.165, 1.54) is 11.0 Å². The lowest BCUT2D eigenvalue weighted by Crippen LogP contribution is -2.41. The van der Waals surface area contributed by atoms with Crippen molar-refractivity contribution in [1.29, 1.82) is 0 Å². The molecular weight excluding hydrogens is 315 g/mol. The molecule has 0 N–H and O–H groups in total. The van der Waals surface area contributed by atoms with E-state index >= 15 is 0 Å². The van der Waals surface area contributed by atoms with Crippen molar-refractivity contribution in [2.75, 3.05) is 13.1 Å². The fourth-order valence-electron chi connectivity index (χ4n) is 2.59. The van der Waals surface area contributed by atoms with Gasteiger partial charge in [-0.15, -0.1) is 0 Å². The van der Waals surface area contributed by atoms with E-state index < -0.39 is 41.4 Å². The summed E-state index contributed by atoms with van der Waals surface area (Å²) in [6.07, 6.45) is 0. The van der Waals surface area contributed by atoms with Crippen molar-refractivity contribution >= 4 is 18.5 Å². The van der Waals surface area contributed by atoms with Crippen LogP contribution in [0.4, 0.5) is 8.78 Å². The Morgan fingerprint density at radius 1 is 1.08 bits per heavy atom. The van der Waals surface area contributed by atoms with Crippen LogP contribution in [0, 0.1) is 11.6 Å². The summed E-state index contributed by atoms with van der Waals surface area (Å²) in [4.78, 5) is 13.8. The van der Waals surface area contributed by atoms with Gasteiger partial charge in [0.2, 0.25) is 0 Å². The van der Waals surface area contributed by atoms with Crippen LogP contribution in [0.2, 0.25) is 0 Å². The van der Waals surface area contributed by atoms with Crippen LogP contribution >= 0.6 is 0 Å². The third-order valence-corrected chi connectivity index (χ3v) is 4.89. The van der Waals surface area contributed by atoms with Gasteiger partial charge in [-0.25, -0.2) is 8.78 Å². The van der Waals surface area contributed by atoms with Gasteiger partial charge in [0.15, 0.2) is 0 Å². The third kappa shape index (κ3) is 3.07. The topological polar surface area (TPSA) is 38.8 Å². The number of carbonyl (C=O) groups excluding carboxylic acids is 1. The molecule has 0 atom stereocenters. The highest BCUT2D eigenvalue weighted by Gasteiger charge is 2.52. The zero-order valence-electron chi connectivity index (χ0n) is 15.1. The van der Waals surface area contributed by atoms with Crippen molar-refractivity contribution in [3.8, 4) is 0 Å². The van der Waals surface area contributed by atoms with Crippen LogP contribution in [0.3, 0.4) is 0 Å². The first-order valence-corrected chi connectivity index (χ1v) is 8.18. The van der Waals surface area contributed by atoms with Gasteiger partial charge < -0.3 is 14.2 Å². The third-order valence-electron chi connectivity index (χ3n) is 4.89. The summed E-state index contributed by atoms with van der Waals surface area (Å²) in [6, 6.07) is 2.35. The van der Waals surface area contributed by atoms with Crippen molar-refractivity contribution in [2.24, 2.45) is 0 Å². The Balaban J connectivity index is 2.45. The zero-order chi connectivity index (χ0) is 18.3. The van der Waals surface area contributed by atoms with E-state index in [-0.39, 0.29) is 5.46 Å². The van der Waals surface area contributed by atoms with E-state index in [0.29, 0.717) is 13.1 Å². The van der Waals surface area contributed by atoms with Gasteiger partial charge in [-0.1, -0.05) is 6.07 Å². The van der Waals surface area contributed by atoms with E-state index in [0.717, 1.165) is 6.07 Å². The van der Waals surface area contributed by atoms with E-state index in [2.05, 4.69) is 0 Å². The molecule has 1 aromatic rings. The lowest BCUT2D eigenvalue weighted by molar-refractivity contribution is 0.00578. The lowest BCUT2D eigenvalue weighted by atomic mass is 9.77. The molecule has 2 rings (SSSR count). The highest BCUT2D eigenvalue weighted by Crippen LogP contribution is 2.36. The lowest BCUT2D eigenvalue weighted by Gasteiger charge is -2.32.